The highest BCUT2D eigenvalue weighted by molar-refractivity contribution is 4.79. The number of likely N-dealkylation sites (N-methyl/N-ethyl adjacent to an activating group) is 1. The van der Waals surface area contributed by atoms with Crippen molar-refractivity contribution < 1.29 is 0 Å². The van der Waals surface area contributed by atoms with Gasteiger partial charge in [0.1, 0.15) is 0 Å². The molecule has 0 spiro atoms. The quantitative estimate of drug-likeness (QED) is 0.527. The predicted octanol–water partition coefficient (Wildman–Crippen LogP) is 1.22. The van der Waals surface area contributed by atoms with Gasteiger partial charge in [0.2, 0.25) is 0 Å². The summed E-state index contributed by atoms with van der Waals surface area (Å²) in [6, 6.07) is 0. The van der Waals surface area contributed by atoms with Crippen LogP contribution in [0, 0.1) is 0 Å². The van der Waals surface area contributed by atoms with E-state index in [1.807, 2.05) is 12.2 Å². The Morgan fingerprint density at radius 3 is 1.83 bits per heavy atom. The molecule has 0 aromatic carbocycles. The summed E-state index contributed by atoms with van der Waals surface area (Å²) in [5, 5.41) is 0. The van der Waals surface area contributed by atoms with Gasteiger partial charge in [-0.15, -0.1) is 13.2 Å². The summed E-state index contributed by atoms with van der Waals surface area (Å²) in [5.41, 5.74) is 0. The molecule has 0 heterocycles. The molecule has 0 saturated carbocycles. The Bertz CT molecular complexity index is 120. The Morgan fingerprint density at radius 1 is 1.00 bits per heavy atom. The standard InChI is InChI=1S/C10H20N2/c1-5-7-12(8-6-2)10-9-11(3)4/h5-6H,1-2,7-10H2,3-4H3. The molecule has 2 nitrogen and oxygen atoms in total. The van der Waals surface area contributed by atoms with Crippen LogP contribution in [0.2, 0.25) is 0 Å². The van der Waals surface area contributed by atoms with Crippen molar-refractivity contribution in [2.75, 3.05) is 40.3 Å². The van der Waals surface area contributed by atoms with Gasteiger partial charge in [-0.3, -0.25) is 4.90 Å². The van der Waals surface area contributed by atoms with Gasteiger partial charge in [-0.25, -0.2) is 0 Å². The molecule has 0 aliphatic rings. The van der Waals surface area contributed by atoms with E-state index in [0.717, 1.165) is 26.2 Å². The first-order valence-electron chi connectivity index (χ1n) is 4.29. The summed E-state index contributed by atoms with van der Waals surface area (Å²) >= 11 is 0. The van der Waals surface area contributed by atoms with E-state index < -0.39 is 0 Å². The molecule has 0 rings (SSSR count). The largest absolute Gasteiger partial charge is 0.308 e. The molecule has 0 bridgehead atoms. The summed E-state index contributed by atoms with van der Waals surface area (Å²) in [6.07, 6.45) is 3.86. The van der Waals surface area contributed by atoms with Gasteiger partial charge >= 0.3 is 0 Å². The lowest BCUT2D eigenvalue weighted by molar-refractivity contribution is 0.281. The fourth-order valence-electron chi connectivity index (χ4n) is 0.964. The van der Waals surface area contributed by atoms with Crippen molar-refractivity contribution in [3.05, 3.63) is 25.3 Å². The molecule has 0 saturated heterocycles. The maximum absolute atomic E-state index is 3.72. The minimum absolute atomic E-state index is 0.944. The molecule has 0 aromatic heterocycles. The molecule has 0 atom stereocenters. The monoisotopic (exact) mass is 168 g/mol. The third kappa shape index (κ3) is 6.13. The van der Waals surface area contributed by atoms with E-state index in [2.05, 4.69) is 37.1 Å². The van der Waals surface area contributed by atoms with Crippen LogP contribution in [0.4, 0.5) is 0 Å². The van der Waals surface area contributed by atoms with E-state index in [0.29, 0.717) is 0 Å². The van der Waals surface area contributed by atoms with Crippen molar-refractivity contribution in [3.63, 3.8) is 0 Å². The molecular weight excluding hydrogens is 148 g/mol. The Kier molecular flexibility index (Phi) is 6.72. The van der Waals surface area contributed by atoms with E-state index in [4.69, 9.17) is 0 Å². The van der Waals surface area contributed by atoms with Crippen LogP contribution >= 0.6 is 0 Å². The second-order valence-electron chi connectivity index (χ2n) is 3.14. The van der Waals surface area contributed by atoms with Gasteiger partial charge in [0.05, 0.1) is 0 Å². The van der Waals surface area contributed by atoms with Gasteiger partial charge in [0.25, 0.3) is 0 Å². The highest BCUT2D eigenvalue weighted by Gasteiger charge is 1.99. The summed E-state index contributed by atoms with van der Waals surface area (Å²) in [7, 11) is 4.17. The van der Waals surface area contributed by atoms with E-state index in [9.17, 15) is 0 Å². The third-order valence-corrected chi connectivity index (χ3v) is 1.64. The zero-order valence-corrected chi connectivity index (χ0v) is 8.29. The number of hydrogen-bond donors (Lipinski definition) is 0. The van der Waals surface area contributed by atoms with Gasteiger partial charge < -0.3 is 4.90 Å². The number of nitrogens with zero attached hydrogens (tertiary/aromatic N) is 2. The topological polar surface area (TPSA) is 6.48 Å². The van der Waals surface area contributed by atoms with Crippen LogP contribution in [0.15, 0.2) is 25.3 Å². The lowest BCUT2D eigenvalue weighted by Gasteiger charge is -2.20. The van der Waals surface area contributed by atoms with Crippen LogP contribution in [0.25, 0.3) is 0 Å². The zero-order valence-electron chi connectivity index (χ0n) is 8.29. The Hall–Kier alpha value is -0.600. The van der Waals surface area contributed by atoms with E-state index in [1.165, 1.54) is 0 Å². The highest BCUT2D eigenvalue weighted by Crippen LogP contribution is 1.89. The highest BCUT2D eigenvalue weighted by atomic mass is 15.2. The predicted molar refractivity (Wildman–Crippen MR) is 55.4 cm³/mol. The lowest BCUT2D eigenvalue weighted by Crippen LogP contribution is -2.31. The van der Waals surface area contributed by atoms with Crippen molar-refractivity contribution in [2.45, 2.75) is 0 Å². The minimum Gasteiger partial charge on any atom is -0.308 e. The first-order valence-corrected chi connectivity index (χ1v) is 4.29. The molecule has 0 aromatic rings. The smallest absolute Gasteiger partial charge is 0.0164 e. The first-order chi connectivity index (χ1) is 5.70. The number of rotatable bonds is 7. The molecule has 2 heteroatoms. The Labute approximate surface area is 76.2 Å². The third-order valence-electron chi connectivity index (χ3n) is 1.64. The molecule has 0 amide bonds. The summed E-state index contributed by atoms with van der Waals surface area (Å²) in [6.45, 7) is 11.5. The zero-order chi connectivity index (χ0) is 9.40. The van der Waals surface area contributed by atoms with E-state index >= 15 is 0 Å². The molecule has 0 unspecified atom stereocenters. The van der Waals surface area contributed by atoms with E-state index in [1.54, 1.807) is 0 Å². The van der Waals surface area contributed by atoms with Gasteiger partial charge in [-0.05, 0) is 14.1 Å². The fraction of sp³-hybridized carbons (Fsp3) is 0.600. The van der Waals surface area contributed by atoms with Crippen molar-refractivity contribution in [2.24, 2.45) is 0 Å². The van der Waals surface area contributed by atoms with Crippen LogP contribution in [-0.4, -0.2) is 50.1 Å². The van der Waals surface area contributed by atoms with Gasteiger partial charge in [0.15, 0.2) is 0 Å². The average molecular weight is 168 g/mol. The maximum Gasteiger partial charge on any atom is 0.0164 e. The van der Waals surface area contributed by atoms with Crippen LogP contribution in [-0.2, 0) is 0 Å². The Balaban J connectivity index is 3.61. The first kappa shape index (κ1) is 11.4. The van der Waals surface area contributed by atoms with Gasteiger partial charge in [-0.1, -0.05) is 12.2 Å². The van der Waals surface area contributed by atoms with Crippen molar-refractivity contribution in [3.8, 4) is 0 Å². The second-order valence-corrected chi connectivity index (χ2v) is 3.14. The normalized spacial score (nSPS) is 10.7. The van der Waals surface area contributed by atoms with Crippen LogP contribution in [0.5, 0.6) is 0 Å². The molecule has 12 heavy (non-hydrogen) atoms. The number of hydrogen-bond acceptors (Lipinski definition) is 2. The van der Waals surface area contributed by atoms with Crippen LogP contribution in [0.1, 0.15) is 0 Å². The minimum atomic E-state index is 0.944. The molecule has 0 fully saturated rings. The lowest BCUT2D eigenvalue weighted by atomic mass is 10.4. The van der Waals surface area contributed by atoms with Crippen LogP contribution in [0.3, 0.4) is 0 Å². The SMILES string of the molecule is C=CCN(CC=C)CCN(C)C. The van der Waals surface area contributed by atoms with E-state index in [-0.39, 0.29) is 0 Å². The maximum atomic E-state index is 3.72. The molecule has 0 N–H and O–H groups in total. The van der Waals surface area contributed by atoms with Crippen molar-refractivity contribution in [1.29, 1.82) is 0 Å². The molecule has 0 radical (unpaired) electrons. The van der Waals surface area contributed by atoms with Crippen LogP contribution < -0.4 is 0 Å². The molecule has 0 aliphatic carbocycles. The van der Waals surface area contributed by atoms with Gasteiger partial charge in [-0.2, -0.15) is 0 Å². The average Bonchev–Trinajstić information content (AvgIpc) is 2.01. The molecule has 0 aliphatic heterocycles. The Morgan fingerprint density at radius 2 is 1.50 bits per heavy atom. The summed E-state index contributed by atoms with van der Waals surface area (Å²) in [4.78, 5) is 4.49. The van der Waals surface area contributed by atoms with Crippen molar-refractivity contribution in [1.82, 2.24) is 9.80 Å². The molecular formula is C10H20N2. The second kappa shape index (κ2) is 7.07. The summed E-state index contributed by atoms with van der Waals surface area (Å²) in [5.74, 6) is 0. The van der Waals surface area contributed by atoms with Crippen molar-refractivity contribution >= 4 is 0 Å². The molecule has 70 valence electrons. The summed E-state index contributed by atoms with van der Waals surface area (Å²) < 4.78 is 0. The fourth-order valence-corrected chi connectivity index (χ4v) is 0.964. The van der Waals surface area contributed by atoms with Gasteiger partial charge in [0, 0.05) is 26.2 Å².